The number of ether oxygens (including phenoxy) is 1. The van der Waals surface area contributed by atoms with Crippen molar-refractivity contribution in [1.29, 1.82) is 0 Å². The molecule has 21 heavy (non-hydrogen) atoms. The molecule has 8 nitrogen and oxygen atoms in total. The predicted molar refractivity (Wildman–Crippen MR) is 78.5 cm³/mol. The Morgan fingerprint density at radius 1 is 1.38 bits per heavy atom. The number of aliphatic carboxylic acids is 1. The second-order valence-electron chi connectivity index (χ2n) is 4.89. The van der Waals surface area contributed by atoms with E-state index < -0.39 is 18.1 Å². The number of carboxylic acid groups (broad SMARTS) is 1. The van der Waals surface area contributed by atoms with Gasteiger partial charge < -0.3 is 15.2 Å². The molecule has 0 radical (unpaired) electrons. The number of urea groups is 1. The summed E-state index contributed by atoms with van der Waals surface area (Å²) in [7, 11) is 1.40. The maximum absolute atomic E-state index is 11.7. The minimum absolute atomic E-state index is 0.103. The molecule has 0 bridgehead atoms. The number of nitrogens with one attached hydrogen (secondary N) is 2. The van der Waals surface area contributed by atoms with Crippen LogP contribution in [-0.4, -0.2) is 47.1 Å². The second-order valence-corrected chi connectivity index (χ2v) is 5.95. The molecule has 9 heteroatoms. The van der Waals surface area contributed by atoms with E-state index >= 15 is 0 Å². The van der Waals surface area contributed by atoms with Gasteiger partial charge in [0.15, 0.2) is 0 Å². The molecule has 1 atom stereocenters. The summed E-state index contributed by atoms with van der Waals surface area (Å²) in [6, 6.07) is -0.463. The van der Waals surface area contributed by atoms with Crippen LogP contribution in [0.25, 0.3) is 0 Å². The van der Waals surface area contributed by atoms with Crippen molar-refractivity contribution in [2.75, 3.05) is 19.0 Å². The van der Waals surface area contributed by atoms with E-state index in [9.17, 15) is 9.59 Å². The molecule has 1 unspecified atom stereocenters. The summed E-state index contributed by atoms with van der Waals surface area (Å²) in [6.45, 7) is 4.26. The Hall–Kier alpha value is -1.74. The molecule has 1 aromatic rings. The van der Waals surface area contributed by atoms with Gasteiger partial charge in [-0.2, -0.15) is 0 Å². The largest absolute Gasteiger partial charge is 0.481 e. The van der Waals surface area contributed by atoms with Gasteiger partial charge in [0, 0.05) is 20.1 Å². The number of rotatable bonds is 8. The van der Waals surface area contributed by atoms with Crippen LogP contribution in [0, 0.1) is 5.92 Å². The molecule has 118 valence electrons. The van der Waals surface area contributed by atoms with Crippen molar-refractivity contribution >= 4 is 28.5 Å². The minimum Gasteiger partial charge on any atom is -0.481 e. The van der Waals surface area contributed by atoms with Crippen LogP contribution in [0.5, 0.6) is 0 Å². The lowest BCUT2D eigenvalue weighted by molar-refractivity contribution is -0.139. The monoisotopic (exact) mass is 316 g/mol. The lowest BCUT2D eigenvalue weighted by atomic mass is 10.1. The van der Waals surface area contributed by atoms with E-state index in [-0.39, 0.29) is 13.0 Å². The van der Waals surface area contributed by atoms with E-state index in [1.807, 2.05) is 0 Å². The van der Waals surface area contributed by atoms with Gasteiger partial charge in [0.1, 0.15) is 5.01 Å². The smallest absolute Gasteiger partial charge is 0.321 e. The number of carbonyl (C=O) groups excluding carboxylic acids is 1. The average Bonchev–Trinajstić information content (AvgIpc) is 2.80. The van der Waals surface area contributed by atoms with E-state index in [2.05, 4.69) is 34.7 Å². The summed E-state index contributed by atoms with van der Waals surface area (Å²) in [5.41, 5.74) is 0. The molecule has 0 saturated carbocycles. The van der Waals surface area contributed by atoms with Crippen molar-refractivity contribution in [3.05, 3.63) is 5.01 Å². The first-order valence-electron chi connectivity index (χ1n) is 6.52. The third kappa shape index (κ3) is 7.00. The van der Waals surface area contributed by atoms with E-state index in [1.54, 1.807) is 0 Å². The molecule has 3 N–H and O–H groups in total. The first-order valence-corrected chi connectivity index (χ1v) is 7.34. The number of anilines is 1. The highest BCUT2D eigenvalue weighted by Gasteiger charge is 2.14. The third-order valence-electron chi connectivity index (χ3n) is 2.50. The highest BCUT2D eigenvalue weighted by Crippen LogP contribution is 2.17. The highest BCUT2D eigenvalue weighted by atomic mass is 32.1. The number of hydrogen-bond donors (Lipinski definition) is 3. The maximum atomic E-state index is 11.7. The minimum atomic E-state index is -0.980. The Kier molecular flexibility index (Phi) is 7.03. The Balaban J connectivity index is 2.39. The number of nitrogens with zero attached hydrogens (tertiary/aromatic N) is 2. The summed E-state index contributed by atoms with van der Waals surface area (Å²) >= 11 is 1.32. The van der Waals surface area contributed by atoms with E-state index in [4.69, 9.17) is 9.84 Å². The van der Waals surface area contributed by atoms with Crippen molar-refractivity contribution in [1.82, 2.24) is 15.5 Å². The zero-order chi connectivity index (χ0) is 15.8. The summed E-state index contributed by atoms with van der Waals surface area (Å²) < 4.78 is 4.96. The molecular weight excluding hydrogens is 296 g/mol. The van der Waals surface area contributed by atoms with Crippen LogP contribution in [0.3, 0.4) is 0 Å². The zero-order valence-corrected chi connectivity index (χ0v) is 13.1. The quantitative estimate of drug-likeness (QED) is 0.667. The summed E-state index contributed by atoms with van der Waals surface area (Å²) in [5, 5.41) is 22.9. The zero-order valence-electron chi connectivity index (χ0n) is 12.3. The van der Waals surface area contributed by atoms with Crippen molar-refractivity contribution in [3.8, 4) is 0 Å². The maximum Gasteiger partial charge on any atom is 0.321 e. The number of aromatic nitrogens is 2. The van der Waals surface area contributed by atoms with Crippen LogP contribution >= 0.6 is 11.3 Å². The van der Waals surface area contributed by atoms with E-state index in [0.29, 0.717) is 11.0 Å². The van der Waals surface area contributed by atoms with Gasteiger partial charge in [-0.3, -0.25) is 10.1 Å². The third-order valence-corrected chi connectivity index (χ3v) is 3.36. The molecule has 0 spiro atoms. The van der Waals surface area contributed by atoms with Gasteiger partial charge in [-0.1, -0.05) is 25.2 Å². The summed E-state index contributed by atoms with van der Waals surface area (Å²) in [6.07, 6.45) is 0.0681. The normalized spacial score (nSPS) is 12.2. The van der Waals surface area contributed by atoms with E-state index in [1.165, 1.54) is 18.4 Å². The fourth-order valence-electron chi connectivity index (χ4n) is 1.52. The average molecular weight is 316 g/mol. The summed E-state index contributed by atoms with van der Waals surface area (Å²) in [5.74, 6) is -0.510. The molecular formula is C12H20N4O4S. The van der Waals surface area contributed by atoms with Crippen molar-refractivity contribution in [2.45, 2.75) is 32.8 Å². The lowest BCUT2D eigenvalue weighted by Gasteiger charge is -2.13. The standard InChI is InChI=1S/C12H20N4O4S/c1-7(2)4-9-15-16-12(21-9)14-11(19)13-6-8(20-3)5-10(17)18/h7-8H,4-6H2,1-3H3,(H,17,18)(H2,13,14,16,19). The van der Waals surface area contributed by atoms with Gasteiger partial charge in [-0.15, -0.1) is 10.2 Å². The topological polar surface area (TPSA) is 113 Å². The first-order chi connectivity index (χ1) is 9.90. The van der Waals surface area contributed by atoms with Crippen molar-refractivity contribution < 1.29 is 19.4 Å². The van der Waals surface area contributed by atoms with Gasteiger partial charge in [0.05, 0.1) is 12.5 Å². The molecule has 0 saturated heterocycles. The molecule has 1 rings (SSSR count). The first kappa shape index (κ1) is 17.3. The van der Waals surface area contributed by atoms with Crippen LogP contribution in [0.15, 0.2) is 0 Å². The molecule has 0 aliphatic carbocycles. The van der Waals surface area contributed by atoms with Crippen molar-refractivity contribution in [3.63, 3.8) is 0 Å². The Bertz CT molecular complexity index is 478. The molecule has 1 heterocycles. The van der Waals surface area contributed by atoms with Crippen LogP contribution in [-0.2, 0) is 16.0 Å². The van der Waals surface area contributed by atoms with Crippen molar-refractivity contribution in [2.24, 2.45) is 5.92 Å². The number of methoxy groups -OCH3 is 1. The number of hydrogen-bond acceptors (Lipinski definition) is 6. The highest BCUT2D eigenvalue weighted by molar-refractivity contribution is 7.15. The SMILES string of the molecule is COC(CNC(=O)Nc1nnc(CC(C)C)s1)CC(=O)O. The molecule has 0 aliphatic rings. The molecule has 0 aliphatic heterocycles. The number of carbonyl (C=O) groups is 2. The Morgan fingerprint density at radius 2 is 2.10 bits per heavy atom. The van der Waals surface area contributed by atoms with Gasteiger partial charge in [-0.05, 0) is 5.92 Å². The number of amides is 2. The molecule has 0 aromatic carbocycles. The predicted octanol–water partition coefficient (Wildman–Crippen LogP) is 1.35. The Morgan fingerprint density at radius 3 is 2.67 bits per heavy atom. The van der Waals surface area contributed by atoms with Crippen LogP contribution < -0.4 is 10.6 Å². The van der Waals surface area contributed by atoms with E-state index in [0.717, 1.165) is 11.4 Å². The summed E-state index contributed by atoms with van der Waals surface area (Å²) in [4.78, 5) is 22.2. The van der Waals surface area contributed by atoms with Crippen LogP contribution in [0.4, 0.5) is 9.93 Å². The fourth-order valence-corrected chi connectivity index (χ4v) is 2.46. The van der Waals surface area contributed by atoms with Gasteiger partial charge in [-0.25, -0.2) is 4.79 Å². The molecule has 1 aromatic heterocycles. The van der Waals surface area contributed by atoms with Gasteiger partial charge >= 0.3 is 12.0 Å². The van der Waals surface area contributed by atoms with Gasteiger partial charge in [0.25, 0.3) is 0 Å². The lowest BCUT2D eigenvalue weighted by Crippen LogP contribution is -2.37. The van der Waals surface area contributed by atoms with Crippen LogP contribution in [0.1, 0.15) is 25.3 Å². The molecule has 0 fully saturated rings. The van der Waals surface area contributed by atoms with Gasteiger partial charge in [0.2, 0.25) is 5.13 Å². The number of carboxylic acids is 1. The Labute approximate surface area is 126 Å². The second kappa shape index (κ2) is 8.53. The molecule has 2 amide bonds. The van der Waals surface area contributed by atoms with Crippen LogP contribution in [0.2, 0.25) is 0 Å². The fraction of sp³-hybridized carbons (Fsp3) is 0.667.